The van der Waals surface area contributed by atoms with Gasteiger partial charge in [-0.1, -0.05) is 12.1 Å². The molecule has 1 unspecified atom stereocenters. The van der Waals surface area contributed by atoms with Gasteiger partial charge >= 0.3 is 0 Å². The highest BCUT2D eigenvalue weighted by Gasteiger charge is 2.31. The third kappa shape index (κ3) is 3.33. The monoisotopic (exact) mass is 372 g/mol. The highest BCUT2D eigenvalue weighted by atomic mass is 32.2. The van der Waals surface area contributed by atoms with Crippen molar-refractivity contribution in [1.82, 2.24) is 4.90 Å². The Morgan fingerprint density at radius 3 is 2.96 bits per heavy atom. The lowest BCUT2D eigenvalue weighted by Crippen LogP contribution is -2.39. The van der Waals surface area contributed by atoms with Crippen LogP contribution >= 0.6 is 23.1 Å². The lowest BCUT2D eigenvalue weighted by atomic mass is 10.1. The number of carbonyl (C=O) groups excluding carboxylic acids is 2. The van der Waals surface area contributed by atoms with Gasteiger partial charge in [-0.3, -0.25) is 9.59 Å². The van der Waals surface area contributed by atoms with Gasteiger partial charge in [0.05, 0.1) is 17.5 Å². The highest BCUT2D eigenvalue weighted by Crippen LogP contribution is 2.36. The van der Waals surface area contributed by atoms with E-state index in [1.54, 1.807) is 28.0 Å². The Kier molecular flexibility index (Phi) is 4.81. The number of hydrogen-bond acceptors (Lipinski definition) is 4. The van der Waals surface area contributed by atoms with E-state index in [9.17, 15) is 9.59 Å². The third-order valence-corrected chi connectivity index (χ3v) is 6.61. The van der Waals surface area contributed by atoms with Gasteiger partial charge in [-0.2, -0.15) is 11.3 Å². The van der Waals surface area contributed by atoms with Crippen molar-refractivity contribution in [2.24, 2.45) is 0 Å². The number of anilines is 1. The Bertz CT molecular complexity index is 775. The summed E-state index contributed by atoms with van der Waals surface area (Å²) >= 11 is 3.25. The molecule has 1 aromatic carbocycles. The summed E-state index contributed by atoms with van der Waals surface area (Å²) in [4.78, 5) is 30.0. The van der Waals surface area contributed by atoms with E-state index in [2.05, 4.69) is 16.8 Å². The molecular weight excluding hydrogens is 352 g/mol. The third-order valence-electron chi connectivity index (χ3n) is 4.86. The first-order valence-electron chi connectivity index (χ1n) is 8.58. The molecule has 0 N–H and O–H groups in total. The van der Waals surface area contributed by atoms with Crippen molar-refractivity contribution in [3.63, 3.8) is 0 Å². The van der Waals surface area contributed by atoms with Crippen molar-refractivity contribution < 1.29 is 9.59 Å². The summed E-state index contributed by atoms with van der Waals surface area (Å²) in [5, 5.41) is 4.20. The van der Waals surface area contributed by atoms with Gasteiger partial charge in [0.2, 0.25) is 11.8 Å². The number of thioether (sulfide) groups is 1. The number of amides is 2. The molecule has 6 heteroatoms. The van der Waals surface area contributed by atoms with E-state index >= 15 is 0 Å². The Morgan fingerprint density at radius 1 is 1.24 bits per heavy atom. The maximum atomic E-state index is 12.8. The smallest absolute Gasteiger partial charge is 0.237 e. The lowest BCUT2D eigenvalue weighted by Gasteiger charge is -2.30. The first-order chi connectivity index (χ1) is 12.2. The fraction of sp³-hybridized carbons (Fsp3) is 0.368. The quantitative estimate of drug-likeness (QED) is 0.816. The van der Waals surface area contributed by atoms with Crippen LogP contribution in [0.5, 0.6) is 0 Å². The van der Waals surface area contributed by atoms with Crippen LogP contribution in [0.1, 0.15) is 30.9 Å². The predicted molar refractivity (Wildman–Crippen MR) is 102 cm³/mol. The van der Waals surface area contributed by atoms with E-state index in [0.717, 1.165) is 30.0 Å². The molecule has 1 aromatic heterocycles. The Balaban J connectivity index is 1.44. The van der Waals surface area contributed by atoms with Crippen LogP contribution in [0, 0.1) is 0 Å². The molecule has 25 heavy (non-hydrogen) atoms. The average Bonchev–Trinajstić information content (AvgIpc) is 3.31. The Hall–Kier alpha value is -1.79. The van der Waals surface area contributed by atoms with Crippen LogP contribution in [0.25, 0.3) is 0 Å². The summed E-state index contributed by atoms with van der Waals surface area (Å²) in [5.74, 6) is 0.691. The normalized spacial score (nSPS) is 20.0. The van der Waals surface area contributed by atoms with E-state index in [1.807, 2.05) is 29.2 Å². The minimum absolute atomic E-state index is 0.0901. The number of nitrogens with zero attached hydrogens (tertiary/aromatic N) is 2. The summed E-state index contributed by atoms with van der Waals surface area (Å²) in [6, 6.07) is 10.3. The van der Waals surface area contributed by atoms with Gasteiger partial charge in [0.15, 0.2) is 0 Å². The summed E-state index contributed by atoms with van der Waals surface area (Å²) in [6.45, 7) is 1.28. The molecule has 4 rings (SSSR count). The second-order valence-corrected chi connectivity index (χ2v) is 8.15. The van der Waals surface area contributed by atoms with Crippen LogP contribution in [0.3, 0.4) is 0 Å². The van der Waals surface area contributed by atoms with Crippen LogP contribution in [-0.4, -0.2) is 35.6 Å². The van der Waals surface area contributed by atoms with Crippen molar-refractivity contribution in [1.29, 1.82) is 0 Å². The minimum atomic E-state index is 0.0901. The second kappa shape index (κ2) is 7.22. The van der Waals surface area contributed by atoms with E-state index in [1.165, 1.54) is 5.56 Å². The number of rotatable bonds is 4. The number of likely N-dealkylation sites (tertiary alicyclic amines) is 1. The predicted octanol–water partition coefficient (Wildman–Crippen LogP) is 3.94. The molecule has 130 valence electrons. The van der Waals surface area contributed by atoms with Crippen molar-refractivity contribution in [2.45, 2.75) is 30.2 Å². The van der Waals surface area contributed by atoms with Gasteiger partial charge in [0.25, 0.3) is 0 Å². The molecule has 0 spiro atoms. The van der Waals surface area contributed by atoms with E-state index in [-0.39, 0.29) is 17.9 Å². The molecule has 0 saturated carbocycles. The number of carbonyl (C=O) groups is 2. The first-order valence-corrected chi connectivity index (χ1v) is 10.5. The number of para-hydroxylation sites is 1. The fourth-order valence-corrected chi connectivity index (χ4v) is 5.27. The number of benzene rings is 1. The summed E-state index contributed by atoms with van der Waals surface area (Å²) in [6.07, 6.45) is 2.46. The molecule has 0 aliphatic carbocycles. The molecule has 0 bridgehead atoms. The zero-order valence-electron chi connectivity index (χ0n) is 13.9. The zero-order chi connectivity index (χ0) is 17.2. The minimum Gasteiger partial charge on any atom is -0.336 e. The Morgan fingerprint density at radius 2 is 2.12 bits per heavy atom. The number of hydrogen-bond donors (Lipinski definition) is 0. The van der Waals surface area contributed by atoms with Crippen molar-refractivity contribution in [3.8, 4) is 0 Å². The largest absolute Gasteiger partial charge is 0.336 e. The van der Waals surface area contributed by atoms with Gasteiger partial charge in [-0.25, -0.2) is 0 Å². The average molecular weight is 373 g/mol. The molecule has 3 heterocycles. The molecule has 2 aliphatic rings. The van der Waals surface area contributed by atoms with Crippen LogP contribution in [-0.2, 0) is 9.59 Å². The van der Waals surface area contributed by atoms with Gasteiger partial charge < -0.3 is 9.80 Å². The summed E-state index contributed by atoms with van der Waals surface area (Å²) in [7, 11) is 0. The summed E-state index contributed by atoms with van der Waals surface area (Å²) in [5.41, 5.74) is 2.18. The van der Waals surface area contributed by atoms with Gasteiger partial charge in [0.1, 0.15) is 0 Å². The second-order valence-electron chi connectivity index (χ2n) is 6.35. The maximum absolute atomic E-state index is 12.8. The van der Waals surface area contributed by atoms with Gasteiger partial charge in [-0.05, 0) is 47.4 Å². The molecule has 2 aromatic rings. The molecule has 1 saturated heterocycles. The summed E-state index contributed by atoms with van der Waals surface area (Å²) < 4.78 is 0. The van der Waals surface area contributed by atoms with E-state index in [4.69, 9.17) is 0 Å². The van der Waals surface area contributed by atoms with Gasteiger partial charge in [-0.15, -0.1) is 11.8 Å². The molecule has 2 amide bonds. The molecular formula is C19H20N2O2S2. The van der Waals surface area contributed by atoms with Crippen molar-refractivity contribution in [2.75, 3.05) is 23.7 Å². The van der Waals surface area contributed by atoms with Crippen molar-refractivity contribution in [3.05, 3.63) is 46.7 Å². The zero-order valence-corrected chi connectivity index (χ0v) is 15.5. The number of thiophene rings is 1. The molecule has 2 aliphatic heterocycles. The van der Waals surface area contributed by atoms with Gasteiger partial charge in [0, 0.05) is 24.4 Å². The van der Waals surface area contributed by atoms with Crippen molar-refractivity contribution >= 4 is 40.6 Å². The first kappa shape index (κ1) is 16.7. The highest BCUT2D eigenvalue weighted by molar-refractivity contribution is 8.00. The molecule has 1 atom stereocenters. The molecule has 4 nitrogen and oxygen atoms in total. The van der Waals surface area contributed by atoms with Crippen LogP contribution in [0.2, 0.25) is 0 Å². The topological polar surface area (TPSA) is 40.6 Å². The van der Waals surface area contributed by atoms with Crippen LogP contribution in [0.15, 0.2) is 46.0 Å². The van der Waals surface area contributed by atoms with E-state index in [0.29, 0.717) is 18.7 Å². The lowest BCUT2D eigenvalue weighted by molar-refractivity contribution is -0.131. The molecule has 0 radical (unpaired) electrons. The standard InChI is InChI=1S/C19H20N2O2S2/c22-18(20-9-3-5-15(20)14-8-11-24-12-14)7-10-21-16-4-1-2-6-17(16)25-13-19(21)23/h1-2,4,6,8,11-12,15H,3,5,7,9-10,13H2. The van der Waals surface area contributed by atoms with E-state index < -0.39 is 0 Å². The number of fused-ring (bicyclic) bond motifs is 1. The van der Waals surface area contributed by atoms with Crippen LogP contribution < -0.4 is 4.90 Å². The fourth-order valence-electron chi connectivity index (χ4n) is 3.63. The SMILES string of the molecule is O=C1CSc2ccccc2N1CCC(=O)N1CCCC1c1ccsc1. The maximum Gasteiger partial charge on any atom is 0.237 e. The molecule has 1 fully saturated rings. The van der Waals surface area contributed by atoms with Crippen LogP contribution in [0.4, 0.5) is 5.69 Å². The Labute approximate surface area is 155 Å².